The van der Waals surface area contributed by atoms with E-state index in [1.165, 1.54) is 29.4 Å². The van der Waals surface area contributed by atoms with Gasteiger partial charge in [0.05, 0.1) is 17.7 Å². The molecule has 0 heterocycles. The molecule has 0 atom stereocenters. The van der Waals surface area contributed by atoms with Crippen LogP contribution in [0.3, 0.4) is 0 Å². The standard InChI is InChI=1S/C31H31ClN4O3/c1-3-36(28-11-7-4-8-21(28)2)17-16-33-30(38)19-22-12-13-24(26-10-6-5-9-25(22)26)20-34-35-31(39)23-14-15-29(37)27(32)18-23/h4-15,18,20,37H,3,16-17,19H2,1-2H3,(H,33,38)(H,35,39). The Balaban J connectivity index is 1.39. The summed E-state index contributed by atoms with van der Waals surface area (Å²) in [5, 5.41) is 18.6. The number of para-hydroxylation sites is 1. The van der Waals surface area contributed by atoms with Gasteiger partial charge in [0.2, 0.25) is 5.91 Å². The Labute approximate surface area is 233 Å². The van der Waals surface area contributed by atoms with Crippen LogP contribution >= 0.6 is 11.6 Å². The second kappa shape index (κ2) is 12.9. The molecule has 0 aliphatic carbocycles. The van der Waals surface area contributed by atoms with Gasteiger partial charge in [-0.1, -0.05) is 66.2 Å². The molecule has 7 nitrogen and oxygen atoms in total. The van der Waals surface area contributed by atoms with Gasteiger partial charge in [-0.15, -0.1) is 0 Å². The molecule has 8 heteroatoms. The maximum absolute atomic E-state index is 12.8. The van der Waals surface area contributed by atoms with Crippen LogP contribution in [0.25, 0.3) is 10.8 Å². The number of benzene rings is 4. The number of carbonyl (C=O) groups is 2. The molecular weight excluding hydrogens is 512 g/mol. The van der Waals surface area contributed by atoms with E-state index in [0.717, 1.165) is 35.0 Å². The summed E-state index contributed by atoms with van der Waals surface area (Å²) in [5.41, 5.74) is 6.87. The first-order valence-electron chi connectivity index (χ1n) is 12.8. The number of hydrazone groups is 1. The predicted molar refractivity (Wildman–Crippen MR) is 158 cm³/mol. The number of phenols is 1. The van der Waals surface area contributed by atoms with Gasteiger partial charge < -0.3 is 15.3 Å². The number of anilines is 1. The van der Waals surface area contributed by atoms with Crippen molar-refractivity contribution in [2.24, 2.45) is 5.10 Å². The SMILES string of the molecule is CCN(CCNC(=O)Cc1ccc(C=NNC(=O)c2ccc(O)c(Cl)c2)c2ccccc12)c1ccccc1C. The van der Waals surface area contributed by atoms with Gasteiger partial charge in [0.15, 0.2) is 0 Å². The molecule has 0 aliphatic heterocycles. The van der Waals surface area contributed by atoms with Crippen LogP contribution < -0.4 is 15.6 Å². The molecule has 0 aromatic heterocycles. The highest BCUT2D eigenvalue weighted by molar-refractivity contribution is 6.32. The number of carbonyl (C=O) groups excluding carboxylic acids is 2. The van der Waals surface area contributed by atoms with Crippen LogP contribution in [-0.4, -0.2) is 42.8 Å². The number of rotatable bonds is 10. The quantitative estimate of drug-likeness (QED) is 0.183. The maximum atomic E-state index is 12.8. The van der Waals surface area contributed by atoms with Gasteiger partial charge >= 0.3 is 0 Å². The summed E-state index contributed by atoms with van der Waals surface area (Å²) < 4.78 is 0. The second-order valence-electron chi connectivity index (χ2n) is 9.12. The summed E-state index contributed by atoms with van der Waals surface area (Å²) in [6, 6.07) is 24.0. The first kappa shape index (κ1) is 27.7. The van der Waals surface area contributed by atoms with Crippen LogP contribution in [0.1, 0.15) is 34.0 Å². The fourth-order valence-corrected chi connectivity index (χ4v) is 4.64. The number of halogens is 1. The van der Waals surface area contributed by atoms with Crippen LogP contribution in [0.15, 0.2) is 84.0 Å². The molecule has 2 amide bonds. The molecule has 0 unspecified atom stereocenters. The van der Waals surface area contributed by atoms with Gasteiger partial charge in [-0.05, 0) is 60.0 Å². The van der Waals surface area contributed by atoms with Crippen molar-refractivity contribution in [3.8, 4) is 5.75 Å². The van der Waals surface area contributed by atoms with Crippen molar-refractivity contribution in [2.75, 3.05) is 24.5 Å². The zero-order valence-electron chi connectivity index (χ0n) is 21.9. The maximum Gasteiger partial charge on any atom is 0.271 e. The summed E-state index contributed by atoms with van der Waals surface area (Å²) in [7, 11) is 0. The third-order valence-corrected chi connectivity index (χ3v) is 6.82. The number of aryl methyl sites for hydroxylation is 1. The lowest BCUT2D eigenvalue weighted by molar-refractivity contribution is -0.120. The van der Waals surface area contributed by atoms with Crippen molar-refractivity contribution in [1.82, 2.24) is 10.7 Å². The molecule has 4 aromatic carbocycles. The summed E-state index contributed by atoms with van der Waals surface area (Å²) >= 11 is 5.88. The molecule has 0 aliphatic rings. The number of aromatic hydroxyl groups is 1. The highest BCUT2D eigenvalue weighted by atomic mass is 35.5. The molecule has 0 radical (unpaired) electrons. The van der Waals surface area contributed by atoms with E-state index in [9.17, 15) is 14.7 Å². The average molecular weight is 543 g/mol. The molecule has 4 rings (SSSR count). The number of hydrogen-bond donors (Lipinski definition) is 3. The first-order valence-corrected chi connectivity index (χ1v) is 13.1. The van der Waals surface area contributed by atoms with E-state index in [0.29, 0.717) is 6.54 Å². The number of amides is 2. The fourth-order valence-electron chi connectivity index (χ4n) is 4.46. The molecule has 0 saturated heterocycles. The number of fused-ring (bicyclic) bond motifs is 1. The van der Waals surface area contributed by atoms with E-state index in [-0.39, 0.29) is 28.7 Å². The smallest absolute Gasteiger partial charge is 0.271 e. The molecular formula is C31H31ClN4O3. The minimum atomic E-state index is -0.449. The minimum absolute atomic E-state index is 0.0396. The number of nitrogens with zero attached hydrogens (tertiary/aromatic N) is 2. The fraction of sp³-hybridized carbons (Fsp3) is 0.194. The van der Waals surface area contributed by atoms with Gasteiger partial charge in [0.1, 0.15) is 5.75 Å². The Morgan fingerprint density at radius 3 is 2.49 bits per heavy atom. The molecule has 4 aromatic rings. The monoisotopic (exact) mass is 542 g/mol. The zero-order chi connectivity index (χ0) is 27.8. The van der Waals surface area contributed by atoms with Gasteiger partial charge in [-0.2, -0.15) is 5.10 Å². The largest absolute Gasteiger partial charge is 0.506 e. The third-order valence-electron chi connectivity index (χ3n) is 6.52. The van der Waals surface area contributed by atoms with E-state index in [4.69, 9.17) is 11.6 Å². The third kappa shape index (κ3) is 6.94. The highest BCUT2D eigenvalue weighted by Crippen LogP contribution is 2.24. The Kier molecular flexibility index (Phi) is 9.18. The summed E-state index contributed by atoms with van der Waals surface area (Å²) in [6.45, 7) is 6.34. The molecule has 0 saturated carbocycles. The predicted octanol–water partition coefficient (Wildman–Crippen LogP) is 5.46. The van der Waals surface area contributed by atoms with E-state index >= 15 is 0 Å². The normalized spacial score (nSPS) is 11.1. The summed E-state index contributed by atoms with van der Waals surface area (Å²) in [5.74, 6) is -0.584. The van der Waals surface area contributed by atoms with Gasteiger partial charge in [-0.3, -0.25) is 9.59 Å². The Bertz CT molecular complexity index is 1520. The summed E-state index contributed by atoms with van der Waals surface area (Å²) in [4.78, 5) is 27.4. The van der Waals surface area contributed by atoms with E-state index in [1.54, 1.807) is 6.21 Å². The van der Waals surface area contributed by atoms with E-state index < -0.39 is 5.91 Å². The van der Waals surface area contributed by atoms with Crippen molar-refractivity contribution < 1.29 is 14.7 Å². The average Bonchev–Trinajstić information content (AvgIpc) is 2.94. The summed E-state index contributed by atoms with van der Waals surface area (Å²) in [6.07, 6.45) is 1.82. The second-order valence-corrected chi connectivity index (χ2v) is 9.52. The first-order chi connectivity index (χ1) is 18.9. The topological polar surface area (TPSA) is 94.0 Å². The Morgan fingerprint density at radius 2 is 1.74 bits per heavy atom. The van der Waals surface area contributed by atoms with Crippen molar-refractivity contribution in [1.29, 1.82) is 0 Å². The van der Waals surface area contributed by atoms with E-state index in [1.807, 2.05) is 48.5 Å². The molecule has 39 heavy (non-hydrogen) atoms. The van der Waals surface area contributed by atoms with Gasteiger partial charge in [0.25, 0.3) is 5.91 Å². The highest BCUT2D eigenvalue weighted by Gasteiger charge is 2.12. The number of phenolic OH excluding ortho intramolecular Hbond substituents is 1. The van der Waals surface area contributed by atoms with Crippen LogP contribution in [0.2, 0.25) is 5.02 Å². The van der Waals surface area contributed by atoms with Gasteiger partial charge in [-0.25, -0.2) is 5.43 Å². The number of hydrogen-bond acceptors (Lipinski definition) is 5. The van der Waals surface area contributed by atoms with Crippen LogP contribution in [0.4, 0.5) is 5.69 Å². The minimum Gasteiger partial charge on any atom is -0.506 e. The van der Waals surface area contributed by atoms with Gasteiger partial charge in [0, 0.05) is 36.4 Å². The van der Waals surface area contributed by atoms with E-state index in [2.05, 4.69) is 46.7 Å². The van der Waals surface area contributed by atoms with Crippen molar-refractivity contribution in [2.45, 2.75) is 20.3 Å². The molecule has 0 spiro atoms. The Morgan fingerprint density at radius 1 is 1.00 bits per heavy atom. The zero-order valence-corrected chi connectivity index (χ0v) is 22.7. The van der Waals surface area contributed by atoms with Crippen LogP contribution in [-0.2, 0) is 11.2 Å². The lowest BCUT2D eigenvalue weighted by Gasteiger charge is -2.25. The molecule has 0 fully saturated rings. The lowest BCUT2D eigenvalue weighted by atomic mass is 9.98. The lowest BCUT2D eigenvalue weighted by Crippen LogP contribution is -2.35. The van der Waals surface area contributed by atoms with Crippen LogP contribution in [0, 0.1) is 6.92 Å². The van der Waals surface area contributed by atoms with Crippen LogP contribution in [0.5, 0.6) is 5.75 Å². The molecule has 0 bridgehead atoms. The number of likely N-dealkylation sites (N-methyl/N-ethyl adjacent to an activating group) is 1. The molecule has 200 valence electrons. The molecule has 3 N–H and O–H groups in total. The van der Waals surface area contributed by atoms with Crippen molar-refractivity contribution >= 4 is 46.1 Å². The van der Waals surface area contributed by atoms with Crippen molar-refractivity contribution in [3.63, 3.8) is 0 Å². The van der Waals surface area contributed by atoms with Crippen molar-refractivity contribution in [3.05, 3.63) is 106 Å². The Hall–Kier alpha value is -4.36. The number of nitrogens with one attached hydrogen (secondary N) is 2.